The molecule has 1 unspecified atom stereocenters. The number of hydrogen-bond donors (Lipinski definition) is 2. The fourth-order valence-electron chi connectivity index (χ4n) is 3.73. The van der Waals surface area contributed by atoms with Crippen molar-refractivity contribution < 1.29 is 14.6 Å². The smallest absolute Gasteiger partial charge is 0.165 e. The lowest BCUT2D eigenvalue weighted by Gasteiger charge is -2.17. The highest BCUT2D eigenvalue weighted by molar-refractivity contribution is 6.01. The van der Waals surface area contributed by atoms with Crippen LogP contribution in [-0.2, 0) is 6.42 Å². The fraction of sp³-hybridized carbons (Fsp3) is 0.350. The minimum atomic E-state index is -0.0510. The first-order valence-corrected chi connectivity index (χ1v) is 8.28. The van der Waals surface area contributed by atoms with Crippen LogP contribution in [0.3, 0.4) is 0 Å². The van der Waals surface area contributed by atoms with Gasteiger partial charge in [0.1, 0.15) is 0 Å². The fourth-order valence-corrected chi connectivity index (χ4v) is 3.73. The van der Waals surface area contributed by atoms with Crippen LogP contribution in [0.15, 0.2) is 36.4 Å². The number of benzene rings is 2. The molecular weight excluding hydrogens is 302 g/mol. The summed E-state index contributed by atoms with van der Waals surface area (Å²) in [5.74, 6) is 1.16. The Morgan fingerprint density at radius 1 is 1.33 bits per heavy atom. The van der Waals surface area contributed by atoms with Crippen LogP contribution < -0.4 is 10.5 Å². The van der Waals surface area contributed by atoms with Crippen LogP contribution in [0.1, 0.15) is 47.2 Å². The summed E-state index contributed by atoms with van der Waals surface area (Å²) >= 11 is 0. The summed E-state index contributed by atoms with van der Waals surface area (Å²) in [6, 6.07) is 11.4. The van der Waals surface area contributed by atoms with Crippen LogP contribution in [0.4, 0.5) is 5.69 Å². The number of methoxy groups -OCH3 is 1. The summed E-state index contributed by atoms with van der Waals surface area (Å²) in [4.78, 5) is 12.6. The lowest BCUT2D eigenvalue weighted by atomic mass is 9.88. The first kappa shape index (κ1) is 16.4. The van der Waals surface area contributed by atoms with Gasteiger partial charge >= 0.3 is 0 Å². The Kier molecular flexibility index (Phi) is 4.47. The van der Waals surface area contributed by atoms with Crippen molar-refractivity contribution in [3.05, 3.63) is 53.1 Å². The molecule has 0 heterocycles. The van der Waals surface area contributed by atoms with Crippen LogP contribution in [0.2, 0.25) is 0 Å². The van der Waals surface area contributed by atoms with Gasteiger partial charge in [0.05, 0.1) is 7.11 Å². The normalized spacial score (nSPS) is 19.1. The lowest BCUT2D eigenvalue weighted by molar-refractivity contribution is 0.0976. The number of carbonyl (C=O) groups excluding carboxylic acids is 1. The molecule has 4 heteroatoms. The summed E-state index contributed by atoms with van der Waals surface area (Å²) in [5.41, 5.74) is 9.37. The van der Waals surface area contributed by atoms with Crippen LogP contribution in [0, 0.1) is 5.92 Å². The third kappa shape index (κ3) is 2.96. The largest absolute Gasteiger partial charge is 0.504 e. The number of ether oxygens (including phenoxy) is 1. The van der Waals surface area contributed by atoms with Gasteiger partial charge in [0.2, 0.25) is 0 Å². The van der Waals surface area contributed by atoms with Gasteiger partial charge in [0, 0.05) is 23.7 Å². The SMILES string of the molecule is COc1cc(C(=O)CCC2c3ccccc3C[C@H]2C)c(N)cc1O. The Hall–Kier alpha value is -2.49. The topological polar surface area (TPSA) is 72.5 Å². The predicted molar refractivity (Wildman–Crippen MR) is 94.7 cm³/mol. The van der Waals surface area contributed by atoms with E-state index in [9.17, 15) is 9.90 Å². The van der Waals surface area contributed by atoms with E-state index in [1.165, 1.54) is 30.4 Å². The van der Waals surface area contributed by atoms with E-state index in [1.54, 1.807) is 0 Å². The van der Waals surface area contributed by atoms with Crippen LogP contribution in [0.25, 0.3) is 0 Å². The van der Waals surface area contributed by atoms with Crippen molar-refractivity contribution in [2.45, 2.75) is 32.1 Å². The Morgan fingerprint density at radius 2 is 2.08 bits per heavy atom. The molecule has 2 aromatic rings. The lowest BCUT2D eigenvalue weighted by Crippen LogP contribution is -2.09. The van der Waals surface area contributed by atoms with Crippen molar-refractivity contribution in [2.75, 3.05) is 12.8 Å². The molecule has 0 bridgehead atoms. The number of nitrogen functional groups attached to an aromatic ring is 1. The number of rotatable bonds is 5. The minimum absolute atomic E-state index is 0.0117. The predicted octanol–water partition coefficient (Wildman–Crippen LogP) is 3.92. The van der Waals surface area contributed by atoms with Gasteiger partial charge in [0.15, 0.2) is 17.3 Å². The maximum atomic E-state index is 12.6. The van der Waals surface area contributed by atoms with E-state index >= 15 is 0 Å². The second kappa shape index (κ2) is 6.56. The molecule has 24 heavy (non-hydrogen) atoms. The number of hydrogen-bond acceptors (Lipinski definition) is 4. The van der Waals surface area contributed by atoms with Gasteiger partial charge in [-0.15, -0.1) is 0 Å². The van der Waals surface area contributed by atoms with Gasteiger partial charge in [-0.2, -0.15) is 0 Å². The Balaban J connectivity index is 1.75. The van der Waals surface area contributed by atoms with Crippen molar-refractivity contribution in [3.8, 4) is 11.5 Å². The second-order valence-electron chi connectivity index (χ2n) is 6.56. The molecule has 0 aromatic heterocycles. The highest BCUT2D eigenvalue weighted by atomic mass is 16.5. The average molecular weight is 325 g/mol. The number of ketones is 1. The number of anilines is 1. The van der Waals surface area contributed by atoms with Crippen molar-refractivity contribution in [1.29, 1.82) is 0 Å². The van der Waals surface area contributed by atoms with Gasteiger partial charge < -0.3 is 15.6 Å². The number of aromatic hydroxyl groups is 1. The molecule has 0 radical (unpaired) electrons. The van der Waals surface area contributed by atoms with E-state index in [2.05, 4.69) is 31.2 Å². The molecule has 3 rings (SSSR count). The molecule has 1 aliphatic rings. The molecular formula is C20H23NO3. The Bertz CT molecular complexity index is 769. The maximum Gasteiger partial charge on any atom is 0.165 e. The molecule has 0 saturated carbocycles. The second-order valence-corrected chi connectivity index (χ2v) is 6.56. The van der Waals surface area contributed by atoms with E-state index in [0.717, 1.165) is 12.8 Å². The zero-order chi connectivity index (χ0) is 17.3. The Morgan fingerprint density at radius 3 is 2.83 bits per heavy atom. The highest BCUT2D eigenvalue weighted by Gasteiger charge is 2.29. The van der Waals surface area contributed by atoms with E-state index < -0.39 is 0 Å². The van der Waals surface area contributed by atoms with Crippen LogP contribution in [0.5, 0.6) is 11.5 Å². The van der Waals surface area contributed by atoms with Crippen LogP contribution >= 0.6 is 0 Å². The van der Waals surface area contributed by atoms with E-state index in [1.807, 2.05) is 0 Å². The molecule has 4 nitrogen and oxygen atoms in total. The minimum Gasteiger partial charge on any atom is -0.504 e. The van der Waals surface area contributed by atoms with E-state index in [4.69, 9.17) is 10.5 Å². The summed E-state index contributed by atoms with van der Waals surface area (Å²) in [6.07, 6.45) is 2.31. The maximum absolute atomic E-state index is 12.6. The summed E-state index contributed by atoms with van der Waals surface area (Å²) in [6.45, 7) is 2.24. The number of Topliss-reactive ketones (excluding diaryl/α,β-unsaturated/α-hetero) is 1. The van der Waals surface area contributed by atoms with Gasteiger partial charge in [-0.1, -0.05) is 31.2 Å². The molecule has 126 valence electrons. The number of phenols is 1. The summed E-state index contributed by atoms with van der Waals surface area (Å²) in [7, 11) is 1.45. The standard InChI is InChI=1S/C20H23NO3/c1-12-9-13-5-3-4-6-15(13)14(12)7-8-18(22)16-10-20(24-2)19(23)11-17(16)21/h3-6,10-12,14,23H,7-9,21H2,1-2H3/t12-,14?/m1/s1. The molecule has 2 atom stereocenters. The quantitative estimate of drug-likeness (QED) is 0.645. The molecule has 2 aromatic carbocycles. The first-order chi connectivity index (χ1) is 11.5. The van der Waals surface area contributed by atoms with E-state index in [-0.39, 0.29) is 23.0 Å². The molecule has 1 aliphatic carbocycles. The van der Waals surface area contributed by atoms with Gasteiger partial charge in [0.25, 0.3) is 0 Å². The average Bonchev–Trinajstić information content (AvgIpc) is 2.88. The van der Waals surface area contributed by atoms with E-state index in [0.29, 0.717) is 23.8 Å². The third-order valence-corrected chi connectivity index (χ3v) is 5.02. The molecule has 0 aliphatic heterocycles. The number of phenolic OH excluding ortho intramolecular Hbond substituents is 1. The third-order valence-electron chi connectivity index (χ3n) is 5.02. The number of carbonyl (C=O) groups is 1. The molecule has 0 saturated heterocycles. The Labute approximate surface area is 142 Å². The van der Waals surface area contributed by atoms with Gasteiger partial charge in [-0.3, -0.25) is 4.79 Å². The summed E-state index contributed by atoms with van der Waals surface area (Å²) < 4.78 is 5.07. The van der Waals surface area contributed by atoms with Crippen LogP contribution in [-0.4, -0.2) is 18.0 Å². The molecule has 0 amide bonds. The van der Waals surface area contributed by atoms with Gasteiger partial charge in [-0.05, 0) is 41.9 Å². The van der Waals surface area contributed by atoms with Crippen molar-refractivity contribution >= 4 is 11.5 Å². The van der Waals surface area contributed by atoms with Gasteiger partial charge in [-0.25, -0.2) is 0 Å². The highest BCUT2D eigenvalue weighted by Crippen LogP contribution is 2.41. The zero-order valence-electron chi connectivity index (χ0n) is 14.1. The summed E-state index contributed by atoms with van der Waals surface area (Å²) in [5, 5.41) is 9.73. The number of fused-ring (bicyclic) bond motifs is 1. The van der Waals surface area contributed by atoms with Crippen molar-refractivity contribution in [1.82, 2.24) is 0 Å². The monoisotopic (exact) mass is 325 g/mol. The molecule has 0 fully saturated rings. The van der Waals surface area contributed by atoms with Crippen molar-refractivity contribution in [3.63, 3.8) is 0 Å². The zero-order valence-corrected chi connectivity index (χ0v) is 14.1. The van der Waals surface area contributed by atoms with Crippen molar-refractivity contribution in [2.24, 2.45) is 5.92 Å². The first-order valence-electron chi connectivity index (χ1n) is 8.28. The molecule has 0 spiro atoms. The number of nitrogens with two attached hydrogens (primary N) is 1. The molecule has 3 N–H and O–H groups in total.